The summed E-state index contributed by atoms with van der Waals surface area (Å²) in [5, 5.41) is 3.65. The predicted octanol–water partition coefficient (Wildman–Crippen LogP) is 4.42. The number of halogens is 6. The van der Waals surface area contributed by atoms with E-state index in [1.54, 1.807) is 18.2 Å². The summed E-state index contributed by atoms with van der Waals surface area (Å²) < 4.78 is 39.2. The Morgan fingerprint density at radius 3 is 2.43 bits per heavy atom. The molecule has 2 nitrogen and oxygen atoms in total. The highest BCUT2D eigenvalue weighted by Gasteiger charge is 2.36. The largest absolute Gasteiger partial charge is 0.390 e. The fourth-order valence-corrected chi connectivity index (χ4v) is 2.90. The first-order valence-electron chi connectivity index (χ1n) is 6.33. The van der Waals surface area contributed by atoms with E-state index in [0.29, 0.717) is 41.2 Å². The van der Waals surface area contributed by atoms with E-state index in [1.807, 2.05) is 4.90 Å². The smallest absolute Gasteiger partial charge is 0.314 e. The van der Waals surface area contributed by atoms with Gasteiger partial charge in [0.1, 0.15) is 0 Å². The van der Waals surface area contributed by atoms with Crippen LogP contribution in [0.3, 0.4) is 0 Å². The minimum Gasteiger partial charge on any atom is -0.314 e. The second-order valence-corrected chi connectivity index (χ2v) is 6.06. The van der Waals surface area contributed by atoms with Gasteiger partial charge in [-0.3, -0.25) is 4.90 Å². The molecule has 1 heterocycles. The average molecular weight is 408 g/mol. The maximum Gasteiger partial charge on any atom is 0.390 e. The number of hydrogen-bond donors (Lipinski definition) is 1. The summed E-state index contributed by atoms with van der Waals surface area (Å²) in [6.07, 6.45) is -5.04. The molecule has 21 heavy (non-hydrogen) atoms. The normalized spacial score (nSPS) is 18.1. The topological polar surface area (TPSA) is 15.3 Å². The third-order valence-electron chi connectivity index (χ3n) is 3.35. The van der Waals surface area contributed by atoms with Gasteiger partial charge in [-0.25, -0.2) is 0 Å². The minimum absolute atomic E-state index is 0. The van der Waals surface area contributed by atoms with Crippen molar-refractivity contribution in [1.29, 1.82) is 0 Å². The number of nitrogens with one attached hydrogen (secondary N) is 1. The van der Waals surface area contributed by atoms with Gasteiger partial charge in [0.2, 0.25) is 0 Å². The van der Waals surface area contributed by atoms with E-state index in [0.717, 1.165) is 0 Å². The molecule has 1 N–H and O–H groups in total. The SMILES string of the molecule is Cl.FC(F)(F)C[C@@H](c1ccc(Cl)c(Br)c1)N1CCNCC1. The average Bonchev–Trinajstić information content (AvgIpc) is 2.39. The quantitative estimate of drug-likeness (QED) is 0.797. The predicted molar refractivity (Wildman–Crippen MR) is 84.3 cm³/mol. The van der Waals surface area contributed by atoms with Crippen LogP contribution in [0.25, 0.3) is 0 Å². The van der Waals surface area contributed by atoms with Crippen LogP contribution in [-0.2, 0) is 0 Å². The summed E-state index contributed by atoms with van der Waals surface area (Å²) in [7, 11) is 0. The summed E-state index contributed by atoms with van der Waals surface area (Å²) in [4.78, 5) is 1.87. The Morgan fingerprint density at radius 2 is 1.90 bits per heavy atom. The lowest BCUT2D eigenvalue weighted by molar-refractivity contribution is -0.148. The zero-order valence-electron chi connectivity index (χ0n) is 11.1. The van der Waals surface area contributed by atoms with Gasteiger partial charge in [0, 0.05) is 36.7 Å². The molecule has 120 valence electrons. The van der Waals surface area contributed by atoms with Crippen LogP contribution in [0.4, 0.5) is 13.2 Å². The van der Waals surface area contributed by atoms with Gasteiger partial charge in [-0.15, -0.1) is 12.4 Å². The van der Waals surface area contributed by atoms with Gasteiger partial charge < -0.3 is 5.32 Å². The van der Waals surface area contributed by atoms with Crippen molar-refractivity contribution in [2.45, 2.75) is 18.6 Å². The number of benzene rings is 1. The molecule has 0 saturated carbocycles. The van der Waals surface area contributed by atoms with Crippen molar-refractivity contribution in [3.8, 4) is 0 Å². The van der Waals surface area contributed by atoms with Gasteiger partial charge in [0.05, 0.1) is 11.4 Å². The summed E-state index contributed by atoms with van der Waals surface area (Å²) in [5.41, 5.74) is 0.639. The number of rotatable bonds is 3. The highest BCUT2D eigenvalue weighted by molar-refractivity contribution is 9.10. The fourth-order valence-electron chi connectivity index (χ4n) is 2.39. The lowest BCUT2D eigenvalue weighted by Gasteiger charge is -2.35. The van der Waals surface area contributed by atoms with Crippen molar-refractivity contribution < 1.29 is 13.2 Å². The van der Waals surface area contributed by atoms with Gasteiger partial charge in [-0.2, -0.15) is 13.2 Å². The maximum atomic E-state index is 12.8. The Morgan fingerprint density at radius 1 is 1.29 bits per heavy atom. The first-order chi connectivity index (χ1) is 9.37. The molecule has 0 amide bonds. The first-order valence-corrected chi connectivity index (χ1v) is 7.50. The van der Waals surface area contributed by atoms with Gasteiger partial charge in [0.25, 0.3) is 0 Å². The second-order valence-electron chi connectivity index (χ2n) is 4.79. The van der Waals surface area contributed by atoms with Gasteiger partial charge in [0.15, 0.2) is 0 Å². The van der Waals surface area contributed by atoms with E-state index in [-0.39, 0.29) is 12.4 Å². The van der Waals surface area contributed by atoms with Crippen molar-refractivity contribution >= 4 is 39.9 Å². The van der Waals surface area contributed by atoms with E-state index < -0.39 is 18.6 Å². The van der Waals surface area contributed by atoms with Crippen molar-refractivity contribution in [3.63, 3.8) is 0 Å². The molecule has 1 aliphatic heterocycles. The molecular weight excluding hydrogens is 392 g/mol. The van der Waals surface area contributed by atoms with Crippen LogP contribution in [0, 0.1) is 0 Å². The lowest BCUT2D eigenvalue weighted by atomic mass is 10.0. The van der Waals surface area contributed by atoms with Crippen LogP contribution in [0.2, 0.25) is 5.02 Å². The van der Waals surface area contributed by atoms with Crippen molar-refractivity contribution in [2.75, 3.05) is 26.2 Å². The summed E-state index contributed by atoms with van der Waals surface area (Å²) in [5.74, 6) is 0. The van der Waals surface area contributed by atoms with Gasteiger partial charge in [-0.1, -0.05) is 17.7 Å². The standard InChI is InChI=1S/C13H15BrClF3N2.ClH/c14-10-7-9(1-2-11(10)15)12(8-13(16,17)18)20-5-3-19-4-6-20;/h1-2,7,12,19H,3-6,8H2;1H/t12-;/m0./s1. The Bertz CT molecular complexity index is 465. The molecule has 0 spiro atoms. The third-order valence-corrected chi connectivity index (χ3v) is 4.56. The molecule has 1 saturated heterocycles. The highest BCUT2D eigenvalue weighted by atomic mass is 79.9. The molecule has 0 aliphatic carbocycles. The van der Waals surface area contributed by atoms with Crippen LogP contribution in [0.1, 0.15) is 18.0 Å². The summed E-state index contributed by atoms with van der Waals surface area (Å²) in [6, 6.07) is 4.32. The molecule has 1 aliphatic rings. The molecular formula is C13H16BrCl2F3N2. The van der Waals surface area contributed by atoms with Crippen LogP contribution >= 0.6 is 39.9 Å². The van der Waals surface area contributed by atoms with Crippen LogP contribution in [0.5, 0.6) is 0 Å². The van der Waals surface area contributed by atoms with E-state index in [9.17, 15) is 13.2 Å². The lowest BCUT2D eigenvalue weighted by Crippen LogP contribution is -2.46. The van der Waals surface area contributed by atoms with E-state index in [4.69, 9.17) is 11.6 Å². The van der Waals surface area contributed by atoms with Gasteiger partial charge >= 0.3 is 6.18 Å². The highest BCUT2D eigenvalue weighted by Crippen LogP contribution is 2.36. The molecule has 0 radical (unpaired) electrons. The molecule has 8 heteroatoms. The number of nitrogens with zero attached hydrogens (tertiary/aromatic N) is 1. The molecule has 1 atom stereocenters. The van der Waals surface area contributed by atoms with Crippen LogP contribution in [-0.4, -0.2) is 37.3 Å². The van der Waals surface area contributed by atoms with Crippen LogP contribution in [0.15, 0.2) is 22.7 Å². The molecule has 0 unspecified atom stereocenters. The zero-order valence-corrected chi connectivity index (χ0v) is 14.2. The minimum atomic E-state index is -4.19. The molecule has 1 aromatic carbocycles. The number of piperazine rings is 1. The Labute approximate surface area is 141 Å². The number of hydrogen-bond acceptors (Lipinski definition) is 2. The van der Waals surface area contributed by atoms with Gasteiger partial charge in [-0.05, 0) is 33.6 Å². The number of alkyl halides is 3. The van der Waals surface area contributed by atoms with E-state index in [2.05, 4.69) is 21.2 Å². The molecule has 0 aromatic heterocycles. The summed E-state index contributed by atoms with van der Waals surface area (Å²) in [6.45, 7) is 2.65. The van der Waals surface area contributed by atoms with Crippen molar-refractivity contribution in [3.05, 3.63) is 33.3 Å². The Kier molecular flexibility index (Phi) is 7.27. The molecule has 2 rings (SSSR count). The fraction of sp³-hybridized carbons (Fsp3) is 0.538. The summed E-state index contributed by atoms with van der Waals surface area (Å²) >= 11 is 9.19. The molecule has 0 bridgehead atoms. The van der Waals surface area contributed by atoms with E-state index >= 15 is 0 Å². The Balaban J connectivity index is 0.00000220. The van der Waals surface area contributed by atoms with Crippen molar-refractivity contribution in [1.82, 2.24) is 10.2 Å². The van der Waals surface area contributed by atoms with Crippen LogP contribution < -0.4 is 5.32 Å². The molecule has 1 aromatic rings. The third kappa shape index (κ3) is 5.60. The van der Waals surface area contributed by atoms with Crippen molar-refractivity contribution in [2.24, 2.45) is 0 Å². The second kappa shape index (κ2) is 8.02. The monoisotopic (exact) mass is 406 g/mol. The first kappa shape index (κ1) is 19.0. The Hall–Kier alpha value is -0.0100. The maximum absolute atomic E-state index is 12.8. The van der Waals surface area contributed by atoms with E-state index in [1.165, 1.54) is 0 Å². The molecule has 1 fully saturated rings. The zero-order chi connectivity index (χ0) is 14.8.